The van der Waals surface area contributed by atoms with Gasteiger partial charge in [0.05, 0.1) is 10.4 Å². The van der Waals surface area contributed by atoms with Crippen LogP contribution in [0.4, 0.5) is 4.39 Å². The van der Waals surface area contributed by atoms with Crippen molar-refractivity contribution in [3.05, 3.63) is 29.6 Å². The molecule has 0 radical (unpaired) electrons. The smallest absolute Gasteiger partial charge is 0.180 e. The van der Waals surface area contributed by atoms with Crippen LogP contribution in [-0.4, -0.2) is 10.6 Å². The quantitative estimate of drug-likeness (QED) is 0.493. The Morgan fingerprint density at radius 1 is 1.62 bits per heavy atom. The van der Waals surface area contributed by atoms with Gasteiger partial charge in [0.1, 0.15) is 5.82 Å². The summed E-state index contributed by atoms with van der Waals surface area (Å²) in [6.07, 6.45) is 0. The van der Waals surface area contributed by atoms with E-state index in [0.717, 1.165) is 0 Å². The normalized spacial score (nSPS) is 12.6. The maximum absolute atomic E-state index is 13.2. The number of rotatable bonds is 2. The Bertz CT molecular complexity index is 318. The fraction of sp³-hybridized carbons (Fsp3) is 0.222. The lowest BCUT2D eigenvalue weighted by molar-refractivity contribution is 0.0989. The lowest BCUT2D eigenvalue weighted by Crippen LogP contribution is -2.12. The number of halogens is 2. The van der Waals surface area contributed by atoms with Gasteiger partial charge in [-0.15, -0.1) is 12.6 Å². The van der Waals surface area contributed by atoms with Crippen LogP contribution in [-0.2, 0) is 0 Å². The van der Waals surface area contributed by atoms with E-state index in [1.54, 1.807) is 13.0 Å². The summed E-state index contributed by atoms with van der Waals surface area (Å²) in [6, 6.07) is 4.37. The van der Waals surface area contributed by atoms with Gasteiger partial charge < -0.3 is 0 Å². The molecule has 4 heteroatoms. The third-order valence-corrected chi connectivity index (χ3v) is 2.39. The predicted octanol–water partition coefficient (Wildman–Crippen LogP) is 3.08. The van der Waals surface area contributed by atoms with E-state index in [0.29, 0.717) is 4.90 Å². The number of hydrogen-bond donors (Lipinski definition) is 1. The fourth-order valence-corrected chi connectivity index (χ4v) is 1.49. The van der Waals surface area contributed by atoms with Crippen molar-refractivity contribution in [1.82, 2.24) is 0 Å². The summed E-state index contributed by atoms with van der Waals surface area (Å²) < 4.78 is 13.2. The van der Waals surface area contributed by atoms with Crippen molar-refractivity contribution in [2.75, 3.05) is 0 Å². The van der Waals surface area contributed by atoms with E-state index in [9.17, 15) is 9.18 Å². The van der Waals surface area contributed by atoms with E-state index in [-0.39, 0.29) is 11.3 Å². The molecule has 1 unspecified atom stereocenters. The highest BCUT2D eigenvalue weighted by Crippen LogP contribution is 2.20. The van der Waals surface area contributed by atoms with Crippen LogP contribution < -0.4 is 0 Å². The molecule has 0 aliphatic heterocycles. The van der Waals surface area contributed by atoms with Crippen LogP contribution in [0.3, 0.4) is 0 Å². The summed E-state index contributed by atoms with van der Waals surface area (Å²) in [5.41, 5.74) is 0.0511. The highest BCUT2D eigenvalue weighted by atomic mass is 79.9. The molecule has 0 amide bonds. The molecular formula is C9H8BrFOS. The Kier molecular flexibility index (Phi) is 3.50. The molecule has 0 bridgehead atoms. The molecule has 0 aliphatic carbocycles. The molecule has 0 spiro atoms. The molecule has 0 aliphatic rings. The van der Waals surface area contributed by atoms with Crippen LogP contribution >= 0.6 is 28.6 Å². The number of benzene rings is 1. The van der Waals surface area contributed by atoms with Crippen molar-refractivity contribution in [3.8, 4) is 0 Å². The molecule has 70 valence electrons. The maximum atomic E-state index is 13.2. The van der Waals surface area contributed by atoms with Gasteiger partial charge in [-0.05, 0) is 19.1 Å². The van der Waals surface area contributed by atoms with E-state index in [2.05, 4.69) is 28.6 Å². The maximum Gasteiger partial charge on any atom is 0.180 e. The zero-order valence-electron chi connectivity index (χ0n) is 6.92. The molecule has 0 saturated heterocycles. The lowest BCUT2D eigenvalue weighted by Gasteiger charge is -2.06. The van der Waals surface area contributed by atoms with Gasteiger partial charge in [0.2, 0.25) is 0 Å². The Labute approximate surface area is 89.9 Å². The topological polar surface area (TPSA) is 17.1 Å². The van der Waals surface area contributed by atoms with Crippen molar-refractivity contribution in [1.29, 1.82) is 0 Å². The Morgan fingerprint density at radius 2 is 2.23 bits per heavy atom. The third-order valence-electron chi connectivity index (χ3n) is 1.60. The van der Waals surface area contributed by atoms with Crippen LogP contribution in [0.15, 0.2) is 23.1 Å². The molecule has 0 saturated carbocycles. The van der Waals surface area contributed by atoms with Gasteiger partial charge in [0, 0.05) is 4.90 Å². The van der Waals surface area contributed by atoms with Crippen molar-refractivity contribution in [2.45, 2.75) is 16.6 Å². The number of Topliss-reactive ketones (excluding diaryl/α,β-unsaturated/α-hetero) is 1. The average molecular weight is 263 g/mol. The average Bonchev–Trinajstić information content (AvgIpc) is 2.03. The second kappa shape index (κ2) is 4.24. The SMILES string of the molecule is CC(Br)C(=O)c1c(F)cccc1S. The third kappa shape index (κ3) is 2.31. The van der Waals surface area contributed by atoms with Crippen LogP contribution in [0.1, 0.15) is 17.3 Å². The number of carbonyl (C=O) groups excluding carboxylic acids is 1. The van der Waals surface area contributed by atoms with Crippen LogP contribution in [0, 0.1) is 5.82 Å². The highest BCUT2D eigenvalue weighted by molar-refractivity contribution is 9.10. The van der Waals surface area contributed by atoms with E-state index >= 15 is 0 Å². The van der Waals surface area contributed by atoms with E-state index in [4.69, 9.17) is 0 Å². The second-order valence-corrected chi connectivity index (χ2v) is 4.47. The predicted molar refractivity (Wildman–Crippen MR) is 56.4 cm³/mol. The lowest BCUT2D eigenvalue weighted by atomic mass is 10.1. The summed E-state index contributed by atoms with van der Waals surface area (Å²) in [5, 5.41) is 0. The zero-order valence-corrected chi connectivity index (χ0v) is 9.40. The number of thiol groups is 1. The summed E-state index contributed by atoms with van der Waals surface area (Å²) in [4.78, 5) is 11.4. The largest absolute Gasteiger partial charge is 0.293 e. The van der Waals surface area contributed by atoms with Gasteiger partial charge in [0.25, 0.3) is 0 Å². The molecule has 1 aromatic carbocycles. The Balaban J connectivity index is 3.20. The molecule has 1 atom stereocenters. The van der Waals surface area contributed by atoms with Crippen molar-refractivity contribution in [2.24, 2.45) is 0 Å². The van der Waals surface area contributed by atoms with Crippen molar-refractivity contribution in [3.63, 3.8) is 0 Å². The first kappa shape index (κ1) is 10.7. The standard InChI is InChI=1S/C9H8BrFOS/c1-5(10)9(12)8-6(11)3-2-4-7(8)13/h2-5,13H,1H3. The first-order valence-electron chi connectivity index (χ1n) is 3.69. The van der Waals surface area contributed by atoms with E-state index in [1.807, 2.05) is 0 Å². The molecule has 0 aromatic heterocycles. The Morgan fingerprint density at radius 3 is 2.69 bits per heavy atom. The van der Waals surface area contributed by atoms with Gasteiger partial charge in [-0.25, -0.2) is 4.39 Å². The highest BCUT2D eigenvalue weighted by Gasteiger charge is 2.18. The minimum atomic E-state index is -0.524. The molecule has 0 fully saturated rings. The number of ketones is 1. The molecule has 13 heavy (non-hydrogen) atoms. The van der Waals surface area contributed by atoms with Crippen LogP contribution in [0.5, 0.6) is 0 Å². The van der Waals surface area contributed by atoms with Crippen LogP contribution in [0.2, 0.25) is 0 Å². The van der Waals surface area contributed by atoms with Gasteiger partial charge in [-0.2, -0.15) is 0 Å². The number of alkyl halides is 1. The molecule has 1 rings (SSSR count). The van der Waals surface area contributed by atoms with Gasteiger partial charge in [-0.1, -0.05) is 22.0 Å². The summed E-state index contributed by atoms with van der Waals surface area (Å²) in [7, 11) is 0. The molecule has 0 heterocycles. The van der Waals surface area contributed by atoms with Gasteiger partial charge in [0.15, 0.2) is 5.78 Å². The second-order valence-electron chi connectivity index (χ2n) is 2.61. The molecule has 1 aromatic rings. The number of hydrogen-bond acceptors (Lipinski definition) is 2. The van der Waals surface area contributed by atoms with Crippen LogP contribution in [0.25, 0.3) is 0 Å². The Hall–Kier alpha value is -0.350. The summed E-state index contributed by atoms with van der Waals surface area (Å²) >= 11 is 7.11. The van der Waals surface area contributed by atoms with Crippen molar-refractivity contribution >= 4 is 34.3 Å². The molecule has 0 N–H and O–H groups in total. The monoisotopic (exact) mass is 262 g/mol. The first-order chi connectivity index (χ1) is 6.04. The van der Waals surface area contributed by atoms with E-state index < -0.39 is 10.6 Å². The van der Waals surface area contributed by atoms with Gasteiger partial charge >= 0.3 is 0 Å². The number of carbonyl (C=O) groups is 1. The first-order valence-corrected chi connectivity index (χ1v) is 5.06. The summed E-state index contributed by atoms with van der Waals surface area (Å²) in [5.74, 6) is -0.813. The van der Waals surface area contributed by atoms with E-state index in [1.165, 1.54) is 12.1 Å². The van der Waals surface area contributed by atoms with Crippen molar-refractivity contribution < 1.29 is 9.18 Å². The summed E-state index contributed by atoms with van der Waals surface area (Å²) in [6.45, 7) is 1.65. The molecule has 1 nitrogen and oxygen atoms in total. The minimum Gasteiger partial charge on any atom is -0.293 e. The fourth-order valence-electron chi connectivity index (χ4n) is 0.956. The zero-order chi connectivity index (χ0) is 10.0. The minimum absolute atomic E-state index is 0.0511. The molecular weight excluding hydrogens is 255 g/mol. The van der Waals surface area contributed by atoms with Gasteiger partial charge in [-0.3, -0.25) is 4.79 Å².